The molecule has 0 aromatic rings. The zero-order valence-electron chi connectivity index (χ0n) is 13.2. The molecule has 0 aliphatic heterocycles. The van der Waals surface area contributed by atoms with Gasteiger partial charge in [-0.15, -0.1) is 0 Å². The fourth-order valence-electron chi connectivity index (χ4n) is 1.43. The summed E-state index contributed by atoms with van der Waals surface area (Å²) in [5.41, 5.74) is 5.42. The molecule has 0 saturated carbocycles. The average Bonchev–Trinajstić information content (AvgIpc) is 2.34. The van der Waals surface area contributed by atoms with Crippen molar-refractivity contribution >= 4 is 10.8 Å². The van der Waals surface area contributed by atoms with Crippen LogP contribution in [0, 0.1) is 0 Å². The highest BCUT2D eigenvalue weighted by atomic mass is 32.2. The largest absolute Gasteiger partial charge is 0.379 e. The summed E-state index contributed by atoms with van der Waals surface area (Å²) in [4.78, 5) is 0. The van der Waals surface area contributed by atoms with Crippen molar-refractivity contribution in [3.8, 4) is 0 Å². The molecule has 0 heterocycles. The molecular formula is C14H31NO4S. The zero-order valence-corrected chi connectivity index (χ0v) is 14.0. The fourth-order valence-corrected chi connectivity index (χ4v) is 2.71. The van der Waals surface area contributed by atoms with E-state index >= 15 is 0 Å². The zero-order chi connectivity index (χ0) is 15.3. The lowest BCUT2D eigenvalue weighted by Crippen LogP contribution is -2.39. The number of ether oxygens (including phenoxy) is 3. The first-order chi connectivity index (χ1) is 9.45. The molecule has 2 N–H and O–H groups in total. The summed E-state index contributed by atoms with van der Waals surface area (Å²) in [6, 6.07) is 0. The van der Waals surface area contributed by atoms with E-state index in [1.54, 1.807) is 0 Å². The molecule has 0 saturated heterocycles. The van der Waals surface area contributed by atoms with Gasteiger partial charge >= 0.3 is 0 Å². The minimum atomic E-state index is -0.914. The van der Waals surface area contributed by atoms with Crippen LogP contribution in [-0.2, 0) is 25.0 Å². The van der Waals surface area contributed by atoms with Crippen LogP contribution in [0.2, 0.25) is 0 Å². The summed E-state index contributed by atoms with van der Waals surface area (Å²) >= 11 is 0. The highest BCUT2D eigenvalue weighted by molar-refractivity contribution is 7.85. The van der Waals surface area contributed by atoms with Crippen LogP contribution >= 0.6 is 0 Å². The molecule has 0 spiro atoms. The summed E-state index contributed by atoms with van der Waals surface area (Å²) in [6.45, 7) is 9.49. The maximum Gasteiger partial charge on any atom is 0.0701 e. The first-order valence-corrected chi connectivity index (χ1v) is 8.81. The highest BCUT2D eigenvalue weighted by Gasteiger charge is 2.14. The molecule has 0 aromatic carbocycles. The molecule has 1 unspecified atom stereocenters. The Kier molecular flexibility index (Phi) is 12.7. The van der Waals surface area contributed by atoms with Gasteiger partial charge in [-0.05, 0) is 20.3 Å². The number of unbranched alkanes of at least 4 members (excludes halogenated alkanes) is 1. The van der Waals surface area contributed by atoms with Crippen LogP contribution in [-0.4, -0.2) is 60.9 Å². The minimum Gasteiger partial charge on any atom is -0.379 e. The van der Waals surface area contributed by atoms with Gasteiger partial charge in [0.1, 0.15) is 0 Å². The fraction of sp³-hybridized carbons (Fsp3) is 1.00. The second kappa shape index (κ2) is 12.7. The Hall–Kier alpha value is -0.0100. The quantitative estimate of drug-likeness (QED) is 0.490. The standard InChI is InChI=1S/C14H31NO4S/c1-4-5-6-17-7-8-18-9-10-19-11-12-20(16)13-14(2,3)15/h4-13,15H2,1-3H3. The Morgan fingerprint density at radius 2 is 1.45 bits per heavy atom. The summed E-state index contributed by atoms with van der Waals surface area (Å²) < 4.78 is 27.7. The number of hydrogen-bond acceptors (Lipinski definition) is 5. The summed E-state index contributed by atoms with van der Waals surface area (Å²) in [7, 11) is -0.914. The van der Waals surface area contributed by atoms with Gasteiger partial charge in [0, 0.05) is 34.5 Å². The van der Waals surface area contributed by atoms with Crippen LogP contribution < -0.4 is 5.73 Å². The normalized spacial score (nSPS) is 13.6. The smallest absolute Gasteiger partial charge is 0.0701 e. The van der Waals surface area contributed by atoms with Crippen molar-refractivity contribution in [3.05, 3.63) is 0 Å². The average molecular weight is 309 g/mol. The summed E-state index contributed by atoms with van der Waals surface area (Å²) in [6.07, 6.45) is 2.25. The molecule has 0 aliphatic rings. The lowest BCUT2D eigenvalue weighted by atomic mass is 10.1. The van der Waals surface area contributed by atoms with Crippen LogP contribution in [0.4, 0.5) is 0 Å². The second-order valence-corrected chi connectivity index (χ2v) is 7.04. The van der Waals surface area contributed by atoms with Gasteiger partial charge in [-0.3, -0.25) is 4.21 Å². The molecule has 0 rings (SSSR count). The van der Waals surface area contributed by atoms with Gasteiger partial charge in [-0.1, -0.05) is 13.3 Å². The molecular weight excluding hydrogens is 278 g/mol. The second-order valence-electron chi connectivity index (χ2n) is 5.47. The lowest BCUT2D eigenvalue weighted by Gasteiger charge is -2.17. The molecule has 5 nitrogen and oxygen atoms in total. The van der Waals surface area contributed by atoms with E-state index in [0.717, 1.165) is 19.4 Å². The third-order valence-corrected chi connectivity index (χ3v) is 4.06. The molecule has 0 amide bonds. The summed E-state index contributed by atoms with van der Waals surface area (Å²) in [5, 5.41) is 0. The van der Waals surface area contributed by atoms with Gasteiger partial charge in [-0.25, -0.2) is 0 Å². The van der Waals surface area contributed by atoms with Crippen molar-refractivity contribution < 1.29 is 18.4 Å². The van der Waals surface area contributed by atoms with Crippen molar-refractivity contribution in [1.82, 2.24) is 0 Å². The molecule has 0 fully saturated rings. The number of nitrogens with two attached hydrogens (primary N) is 1. The first-order valence-electron chi connectivity index (χ1n) is 7.33. The van der Waals surface area contributed by atoms with Crippen LogP contribution in [0.25, 0.3) is 0 Å². The van der Waals surface area contributed by atoms with Crippen LogP contribution in [0.5, 0.6) is 0 Å². The number of rotatable bonds is 14. The van der Waals surface area contributed by atoms with E-state index in [4.69, 9.17) is 19.9 Å². The highest BCUT2D eigenvalue weighted by Crippen LogP contribution is 1.99. The van der Waals surface area contributed by atoms with Gasteiger partial charge in [0.05, 0.1) is 33.0 Å². The molecule has 0 aromatic heterocycles. The molecule has 1 atom stereocenters. The predicted molar refractivity (Wildman–Crippen MR) is 83.5 cm³/mol. The van der Waals surface area contributed by atoms with Crippen LogP contribution in [0.15, 0.2) is 0 Å². The maximum absolute atomic E-state index is 11.6. The van der Waals surface area contributed by atoms with E-state index in [2.05, 4.69) is 6.92 Å². The van der Waals surface area contributed by atoms with Crippen molar-refractivity contribution in [1.29, 1.82) is 0 Å². The molecule has 122 valence electrons. The third-order valence-electron chi connectivity index (χ3n) is 2.37. The number of hydrogen-bond donors (Lipinski definition) is 1. The van der Waals surface area contributed by atoms with E-state index < -0.39 is 10.8 Å². The maximum atomic E-state index is 11.6. The van der Waals surface area contributed by atoms with E-state index in [0.29, 0.717) is 44.5 Å². The lowest BCUT2D eigenvalue weighted by molar-refractivity contribution is 0.0168. The summed E-state index contributed by atoms with van der Waals surface area (Å²) in [5.74, 6) is 1.03. The predicted octanol–water partition coefficient (Wildman–Crippen LogP) is 1.32. The van der Waals surface area contributed by atoms with Crippen molar-refractivity contribution in [2.45, 2.75) is 39.2 Å². The van der Waals surface area contributed by atoms with Gasteiger partial charge in [0.15, 0.2) is 0 Å². The Morgan fingerprint density at radius 1 is 0.950 bits per heavy atom. The molecule has 0 bridgehead atoms. The topological polar surface area (TPSA) is 70.8 Å². The van der Waals surface area contributed by atoms with Crippen molar-refractivity contribution in [3.63, 3.8) is 0 Å². The Morgan fingerprint density at radius 3 is 1.95 bits per heavy atom. The Labute approximate surface area is 126 Å². The van der Waals surface area contributed by atoms with E-state index in [9.17, 15) is 4.21 Å². The Balaban J connectivity index is 3.19. The van der Waals surface area contributed by atoms with Gasteiger partial charge in [0.25, 0.3) is 0 Å². The van der Waals surface area contributed by atoms with E-state index in [-0.39, 0.29) is 5.54 Å². The van der Waals surface area contributed by atoms with Crippen molar-refractivity contribution in [2.75, 3.05) is 51.1 Å². The molecule has 0 radical (unpaired) electrons. The van der Waals surface area contributed by atoms with Crippen LogP contribution in [0.1, 0.15) is 33.6 Å². The minimum absolute atomic E-state index is 0.383. The Bertz CT molecular complexity index is 244. The SMILES string of the molecule is CCCCOCCOCCOCCS(=O)CC(C)(C)N. The first kappa shape index (κ1) is 20.0. The molecule has 0 aliphatic carbocycles. The van der Waals surface area contributed by atoms with Gasteiger partial charge < -0.3 is 19.9 Å². The third kappa shape index (κ3) is 16.0. The van der Waals surface area contributed by atoms with Gasteiger partial charge in [-0.2, -0.15) is 0 Å². The van der Waals surface area contributed by atoms with Crippen molar-refractivity contribution in [2.24, 2.45) is 5.73 Å². The van der Waals surface area contributed by atoms with Gasteiger partial charge in [0.2, 0.25) is 0 Å². The van der Waals surface area contributed by atoms with E-state index in [1.165, 1.54) is 0 Å². The monoisotopic (exact) mass is 309 g/mol. The molecule has 20 heavy (non-hydrogen) atoms. The van der Waals surface area contributed by atoms with Crippen LogP contribution in [0.3, 0.4) is 0 Å². The molecule has 6 heteroatoms. The van der Waals surface area contributed by atoms with E-state index in [1.807, 2.05) is 13.8 Å².